The minimum Gasteiger partial charge on any atom is -0.508 e. The van der Waals surface area contributed by atoms with Crippen molar-refractivity contribution < 1.29 is 24.9 Å². The van der Waals surface area contributed by atoms with Crippen molar-refractivity contribution in [3.63, 3.8) is 0 Å². The van der Waals surface area contributed by atoms with E-state index in [9.17, 15) is 20.1 Å². The van der Waals surface area contributed by atoms with Crippen molar-refractivity contribution in [3.8, 4) is 17.2 Å². The Bertz CT molecular complexity index is 799. The second-order valence-corrected chi connectivity index (χ2v) is 6.90. The highest BCUT2D eigenvalue weighted by atomic mass is 16.5. The zero-order valence-electron chi connectivity index (χ0n) is 14.3. The molecule has 1 aliphatic heterocycles. The van der Waals surface area contributed by atoms with Gasteiger partial charge in [0, 0.05) is 12.1 Å². The van der Waals surface area contributed by atoms with Gasteiger partial charge in [0.2, 0.25) is 0 Å². The average Bonchev–Trinajstić information content (AvgIpc) is 2.52. The summed E-state index contributed by atoms with van der Waals surface area (Å²) in [5, 5.41) is 30.0. The van der Waals surface area contributed by atoms with Crippen LogP contribution in [0.4, 0.5) is 0 Å². The van der Waals surface area contributed by atoms with Crippen LogP contribution in [0.25, 0.3) is 0 Å². The molecule has 5 nitrogen and oxygen atoms in total. The molecule has 0 spiro atoms. The van der Waals surface area contributed by atoms with Gasteiger partial charge in [-0.3, -0.25) is 4.79 Å². The zero-order chi connectivity index (χ0) is 18.2. The highest BCUT2D eigenvalue weighted by molar-refractivity contribution is 6.03. The number of phenols is 2. The van der Waals surface area contributed by atoms with E-state index >= 15 is 0 Å². The first-order valence-electron chi connectivity index (χ1n) is 8.28. The number of hydrogen-bond donors (Lipinski definition) is 3. The summed E-state index contributed by atoms with van der Waals surface area (Å²) >= 11 is 0. The summed E-state index contributed by atoms with van der Waals surface area (Å²) < 4.78 is 5.82. The Labute approximate surface area is 146 Å². The highest BCUT2D eigenvalue weighted by Crippen LogP contribution is 2.40. The molecule has 1 unspecified atom stereocenters. The predicted molar refractivity (Wildman–Crippen MR) is 94.0 cm³/mol. The van der Waals surface area contributed by atoms with Crippen LogP contribution in [0.2, 0.25) is 0 Å². The average molecular weight is 342 g/mol. The number of rotatable bonds is 3. The van der Waals surface area contributed by atoms with Gasteiger partial charge in [-0.25, -0.2) is 0 Å². The monoisotopic (exact) mass is 342 g/mol. The standard InChI is InChI=1S/C20H22O5/c1-12(2)3-6-20(24)7-4-13(5-8-20)17-11-16(23)19-15(22)9-14(21)10-18(19)25-17/h3-5,7,9-10,17,21-22,24H,6,8,11H2,1-2H3/t17-,20?/m0/s1. The van der Waals surface area contributed by atoms with Gasteiger partial charge < -0.3 is 20.1 Å². The topological polar surface area (TPSA) is 87.0 Å². The first-order valence-corrected chi connectivity index (χ1v) is 8.28. The molecule has 2 atom stereocenters. The van der Waals surface area contributed by atoms with E-state index in [0.717, 1.165) is 17.2 Å². The molecule has 3 N–H and O–H groups in total. The van der Waals surface area contributed by atoms with Gasteiger partial charge in [-0.2, -0.15) is 0 Å². The van der Waals surface area contributed by atoms with Gasteiger partial charge in [-0.05, 0) is 32.3 Å². The lowest BCUT2D eigenvalue weighted by Crippen LogP contribution is -2.32. The summed E-state index contributed by atoms with van der Waals surface area (Å²) in [5.74, 6) is -0.487. The molecule has 1 aromatic carbocycles. The highest BCUT2D eigenvalue weighted by Gasteiger charge is 2.33. The number of aromatic hydroxyl groups is 2. The number of phenolic OH excluding ortho intramolecular Hbond substituents is 2. The van der Waals surface area contributed by atoms with Crippen LogP contribution in [0.1, 0.15) is 43.5 Å². The van der Waals surface area contributed by atoms with E-state index in [1.807, 2.05) is 26.0 Å². The van der Waals surface area contributed by atoms with E-state index in [2.05, 4.69) is 0 Å². The van der Waals surface area contributed by atoms with Crippen molar-refractivity contribution in [2.24, 2.45) is 0 Å². The van der Waals surface area contributed by atoms with Crippen LogP contribution in [0.15, 0.2) is 47.6 Å². The summed E-state index contributed by atoms with van der Waals surface area (Å²) in [6, 6.07) is 2.46. The van der Waals surface area contributed by atoms with Crippen molar-refractivity contribution in [3.05, 3.63) is 53.1 Å². The van der Waals surface area contributed by atoms with E-state index < -0.39 is 11.7 Å². The third-order valence-electron chi connectivity index (χ3n) is 4.50. The van der Waals surface area contributed by atoms with Gasteiger partial charge >= 0.3 is 0 Å². The molecule has 0 radical (unpaired) electrons. The van der Waals surface area contributed by atoms with Crippen molar-refractivity contribution in [1.29, 1.82) is 0 Å². The van der Waals surface area contributed by atoms with Crippen molar-refractivity contribution in [1.82, 2.24) is 0 Å². The molecule has 5 heteroatoms. The fourth-order valence-electron chi connectivity index (χ4n) is 3.06. The number of allylic oxidation sites excluding steroid dienone is 1. The molecule has 0 saturated heterocycles. The van der Waals surface area contributed by atoms with E-state index in [1.54, 1.807) is 12.2 Å². The maximum Gasteiger partial charge on any atom is 0.174 e. The SMILES string of the molecule is CC(C)=CCC1(O)C=CC([C@@H]2CC(=O)c3c(O)cc(O)cc3O2)=CC1. The molecular weight excluding hydrogens is 320 g/mol. The summed E-state index contributed by atoms with van der Waals surface area (Å²) in [5.41, 5.74) is 1.14. The Hall–Kier alpha value is -2.53. The summed E-state index contributed by atoms with van der Waals surface area (Å²) in [6.45, 7) is 3.97. The first-order chi connectivity index (χ1) is 11.8. The molecule has 0 saturated carbocycles. The molecule has 25 heavy (non-hydrogen) atoms. The molecule has 0 aromatic heterocycles. The van der Waals surface area contributed by atoms with Crippen LogP contribution >= 0.6 is 0 Å². The molecule has 1 aliphatic carbocycles. The van der Waals surface area contributed by atoms with E-state index in [4.69, 9.17) is 4.74 Å². The van der Waals surface area contributed by atoms with Crippen molar-refractivity contribution in [2.45, 2.75) is 44.8 Å². The van der Waals surface area contributed by atoms with E-state index in [1.165, 1.54) is 6.07 Å². The van der Waals surface area contributed by atoms with Crippen molar-refractivity contribution >= 4 is 5.78 Å². The predicted octanol–water partition coefficient (Wildman–Crippen LogP) is 3.41. The van der Waals surface area contributed by atoms with Gasteiger partial charge in [0.05, 0.1) is 12.0 Å². The number of ether oxygens (including phenoxy) is 1. The second-order valence-electron chi connectivity index (χ2n) is 6.90. The molecule has 1 heterocycles. The van der Waals surface area contributed by atoms with E-state index in [-0.39, 0.29) is 35.0 Å². The van der Waals surface area contributed by atoms with Gasteiger partial charge in [0.15, 0.2) is 5.78 Å². The van der Waals surface area contributed by atoms with Crippen molar-refractivity contribution in [2.75, 3.05) is 0 Å². The molecule has 132 valence electrons. The van der Waals surface area contributed by atoms with Gasteiger partial charge in [0.1, 0.15) is 28.9 Å². The quantitative estimate of drug-likeness (QED) is 0.733. The molecule has 1 aromatic rings. The van der Waals surface area contributed by atoms with Crippen LogP contribution < -0.4 is 4.74 Å². The number of benzene rings is 1. The summed E-state index contributed by atoms with van der Waals surface area (Å²) in [6.07, 6.45) is 7.98. The molecule has 2 aliphatic rings. The number of carbonyl (C=O) groups is 1. The summed E-state index contributed by atoms with van der Waals surface area (Å²) in [4.78, 5) is 12.3. The molecular formula is C20H22O5. The minimum absolute atomic E-state index is 0.105. The van der Waals surface area contributed by atoms with Gasteiger partial charge in [-0.1, -0.05) is 29.9 Å². The normalized spacial score (nSPS) is 25.0. The second kappa shape index (κ2) is 6.41. The van der Waals surface area contributed by atoms with Gasteiger partial charge in [-0.15, -0.1) is 0 Å². The third kappa shape index (κ3) is 3.61. The lowest BCUT2D eigenvalue weighted by molar-refractivity contribution is 0.0868. The maximum absolute atomic E-state index is 12.3. The fourth-order valence-corrected chi connectivity index (χ4v) is 3.06. The van der Waals surface area contributed by atoms with Gasteiger partial charge in [0.25, 0.3) is 0 Å². The lowest BCUT2D eigenvalue weighted by Gasteiger charge is -2.31. The van der Waals surface area contributed by atoms with Crippen LogP contribution in [0.5, 0.6) is 17.2 Å². The molecule has 0 bridgehead atoms. The Morgan fingerprint density at radius 3 is 2.76 bits per heavy atom. The lowest BCUT2D eigenvalue weighted by atomic mass is 9.85. The Kier molecular flexibility index (Phi) is 4.43. The smallest absolute Gasteiger partial charge is 0.174 e. The molecule has 3 rings (SSSR count). The number of hydrogen-bond acceptors (Lipinski definition) is 5. The van der Waals surface area contributed by atoms with Crippen LogP contribution in [-0.4, -0.2) is 32.8 Å². The first kappa shape index (κ1) is 17.3. The largest absolute Gasteiger partial charge is 0.508 e. The Morgan fingerprint density at radius 2 is 2.12 bits per heavy atom. The number of fused-ring (bicyclic) bond motifs is 1. The number of Topliss-reactive ketones (excluding diaryl/α,β-unsaturated/α-hetero) is 1. The molecule has 0 fully saturated rings. The van der Waals surface area contributed by atoms with Crippen LogP contribution in [0.3, 0.4) is 0 Å². The number of ketones is 1. The third-order valence-corrected chi connectivity index (χ3v) is 4.50. The number of carbonyl (C=O) groups excluding carboxylic acids is 1. The minimum atomic E-state index is -0.923. The van der Waals surface area contributed by atoms with Crippen LogP contribution in [-0.2, 0) is 0 Å². The van der Waals surface area contributed by atoms with Crippen LogP contribution in [0, 0.1) is 0 Å². The molecule has 0 amide bonds. The Balaban J connectivity index is 1.79. The maximum atomic E-state index is 12.3. The zero-order valence-corrected chi connectivity index (χ0v) is 14.3. The van der Waals surface area contributed by atoms with E-state index in [0.29, 0.717) is 12.8 Å². The fraction of sp³-hybridized carbons (Fsp3) is 0.350. The Morgan fingerprint density at radius 1 is 1.36 bits per heavy atom. The number of aliphatic hydroxyl groups is 1. The summed E-state index contributed by atoms with van der Waals surface area (Å²) in [7, 11) is 0.